The predicted molar refractivity (Wildman–Crippen MR) is 90.1 cm³/mol. The summed E-state index contributed by atoms with van der Waals surface area (Å²) >= 11 is 3.50. The lowest BCUT2D eigenvalue weighted by molar-refractivity contribution is 0.0918. The Labute approximate surface area is 132 Å². The van der Waals surface area contributed by atoms with E-state index in [1.165, 1.54) is 5.56 Å². The molecule has 0 saturated heterocycles. The molecule has 0 fully saturated rings. The molecule has 3 nitrogen and oxygen atoms in total. The lowest BCUT2D eigenvalue weighted by atomic mass is 9.87. The number of hydrogen-bond donors (Lipinski definition) is 1. The maximum Gasteiger partial charge on any atom is 0.0410 e. The molecule has 0 amide bonds. The normalized spacial score (nSPS) is 13.8. The molecule has 1 aromatic rings. The lowest BCUT2D eigenvalue weighted by Crippen LogP contribution is -2.58. The van der Waals surface area contributed by atoms with Crippen LogP contribution in [0.3, 0.4) is 0 Å². The molecule has 0 saturated carbocycles. The first-order valence-electron chi connectivity index (χ1n) is 7.53. The summed E-state index contributed by atoms with van der Waals surface area (Å²) in [7, 11) is 0. The largest absolute Gasteiger partial charge is 0.312 e. The summed E-state index contributed by atoms with van der Waals surface area (Å²) in [5.41, 5.74) is 1.38. The highest BCUT2D eigenvalue weighted by molar-refractivity contribution is 9.10. The third-order valence-corrected chi connectivity index (χ3v) is 4.52. The van der Waals surface area contributed by atoms with Gasteiger partial charge in [0.15, 0.2) is 0 Å². The van der Waals surface area contributed by atoms with Gasteiger partial charge in [-0.1, -0.05) is 20.8 Å². The first-order chi connectivity index (χ1) is 9.45. The summed E-state index contributed by atoms with van der Waals surface area (Å²) < 4.78 is 1.05. The number of aromatic nitrogens is 1. The van der Waals surface area contributed by atoms with Gasteiger partial charge < -0.3 is 5.32 Å². The minimum atomic E-state index is 0.113. The van der Waals surface area contributed by atoms with Gasteiger partial charge in [-0.15, -0.1) is 0 Å². The van der Waals surface area contributed by atoms with Gasteiger partial charge in [0.25, 0.3) is 0 Å². The van der Waals surface area contributed by atoms with E-state index in [1.807, 2.05) is 12.4 Å². The molecule has 1 unspecified atom stereocenters. The average Bonchev–Trinajstić information content (AvgIpc) is 2.39. The van der Waals surface area contributed by atoms with Crippen molar-refractivity contribution >= 4 is 15.9 Å². The van der Waals surface area contributed by atoms with Gasteiger partial charge in [-0.2, -0.15) is 0 Å². The van der Waals surface area contributed by atoms with Gasteiger partial charge >= 0.3 is 0 Å². The molecule has 1 atom stereocenters. The van der Waals surface area contributed by atoms with Crippen LogP contribution < -0.4 is 5.32 Å². The van der Waals surface area contributed by atoms with E-state index < -0.39 is 0 Å². The fraction of sp³-hybridized carbons (Fsp3) is 0.688. The molecular formula is C16H28BrN3. The van der Waals surface area contributed by atoms with Crippen LogP contribution in [0.5, 0.6) is 0 Å². The van der Waals surface area contributed by atoms with Crippen LogP contribution in [0.2, 0.25) is 0 Å². The Balaban J connectivity index is 2.92. The van der Waals surface area contributed by atoms with Crippen molar-refractivity contribution in [1.82, 2.24) is 15.2 Å². The molecule has 114 valence electrons. The fourth-order valence-corrected chi connectivity index (χ4v) is 3.29. The summed E-state index contributed by atoms with van der Waals surface area (Å²) in [6.45, 7) is 14.4. The van der Waals surface area contributed by atoms with E-state index in [2.05, 4.69) is 71.8 Å². The molecule has 0 aliphatic heterocycles. The van der Waals surface area contributed by atoms with Crippen LogP contribution in [0.1, 0.15) is 40.2 Å². The Kier molecular flexibility index (Phi) is 7.13. The van der Waals surface area contributed by atoms with Crippen molar-refractivity contribution in [3.05, 3.63) is 28.5 Å². The highest BCUT2D eigenvalue weighted by Crippen LogP contribution is 2.22. The van der Waals surface area contributed by atoms with Crippen molar-refractivity contribution in [2.24, 2.45) is 0 Å². The predicted octanol–water partition coefficient (Wildman–Crippen LogP) is 3.49. The van der Waals surface area contributed by atoms with E-state index in [1.54, 1.807) is 0 Å². The van der Waals surface area contributed by atoms with Crippen molar-refractivity contribution in [1.29, 1.82) is 0 Å². The number of pyridine rings is 1. The summed E-state index contributed by atoms with van der Waals surface area (Å²) in [6.07, 6.45) is 4.79. The second-order valence-electron chi connectivity index (χ2n) is 5.65. The molecule has 1 rings (SSSR count). The molecule has 0 aliphatic rings. The van der Waals surface area contributed by atoms with Crippen LogP contribution in [0.15, 0.2) is 22.9 Å². The van der Waals surface area contributed by atoms with E-state index in [-0.39, 0.29) is 5.54 Å². The van der Waals surface area contributed by atoms with Gasteiger partial charge in [0.05, 0.1) is 0 Å². The molecule has 0 aliphatic carbocycles. The Morgan fingerprint density at radius 3 is 2.40 bits per heavy atom. The number of hydrogen-bond acceptors (Lipinski definition) is 3. The topological polar surface area (TPSA) is 28.2 Å². The minimum Gasteiger partial charge on any atom is -0.312 e. The van der Waals surface area contributed by atoms with Crippen molar-refractivity contribution in [2.45, 2.75) is 52.6 Å². The third kappa shape index (κ3) is 4.54. The quantitative estimate of drug-likeness (QED) is 0.784. The second-order valence-corrected chi connectivity index (χ2v) is 6.57. The molecule has 4 heteroatoms. The molecule has 1 aromatic heterocycles. The van der Waals surface area contributed by atoms with Gasteiger partial charge in [-0.3, -0.25) is 9.88 Å². The second kappa shape index (κ2) is 8.11. The van der Waals surface area contributed by atoms with Gasteiger partial charge in [0.1, 0.15) is 0 Å². The van der Waals surface area contributed by atoms with Crippen LogP contribution in [-0.4, -0.2) is 41.1 Å². The number of likely N-dealkylation sites (N-methyl/N-ethyl adjacent to an activating group) is 2. The fourth-order valence-electron chi connectivity index (χ4n) is 2.88. The van der Waals surface area contributed by atoms with Gasteiger partial charge in [0.2, 0.25) is 0 Å². The van der Waals surface area contributed by atoms with Crippen molar-refractivity contribution in [2.75, 3.05) is 19.6 Å². The lowest BCUT2D eigenvalue weighted by Gasteiger charge is -2.44. The van der Waals surface area contributed by atoms with Crippen LogP contribution in [-0.2, 0) is 6.42 Å². The van der Waals surface area contributed by atoms with Crippen molar-refractivity contribution in [3.63, 3.8) is 0 Å². The third-order valence-electron chi connectivity index (χ3n) is 4.08. The number of halogens is 1. The Bertz CT molecular complexity index is 402. The van der Waals surface area contributed by atoms with Gasteiger partial charge in [-0.25, -0.2) is 0 Å². The van der Waals surface area contributed by atoms with Crippen molar-refractivity contribution < 1.29 is 0 Å². The van der Waals surface area contributed by atoms with Crippen LogP contribution >= 0.6 is 15.9 Å². The Morgan fingerprint density at radius 1 is 1.25 bits per heavy atom. The highest BCUT2D eigenvalue weighted by Gasteiger charge is 2.33. The molecule has 20 heavy (non-hydrogen) atoms. The molecule has 0 bridgehead atoms. The molecule has 0 spiro atoms. The van der Waals surface area contributed by atoms with Crippen LogP contribution in [0, 0.1) is 0 Å². The van der Waals surface area contributed by atoms with Crippen molar-refractivity contribution in [3.8, 4) is 0 Å². The zero-order chi connectivity index (χ0) is 15.2. The van der Waals surface area contributed by atoms with Crippen LogP contribution in [0.25, 0.3) is 0 Å². The number of nitrogens with one attached hydrogen (secondary N) is 1. The standard InChI is InChI=1S/C16H28BrN3/c1-6-19-15(16(4,5)20(7-2)8-3)10-13-9-14(17)12-18-11-13/h9,11-12,15,19H,6-8,10H2,1-5H3. The molecule has 0 aromatic carbocycles. The number of nitrogens with zero attached hydrogens (tertiary/aromatic N) is 2. The summed E-state index contributed by atoms with van der Waals surface area (Å²) in [6, 6.07) is 2.57. The number of rotatable bonds is 8. The summed E-state index contributed by atoms with van der Waals surface area (Å²) in [5.74, 6) is 0. The molecule has 1 heterocycles. The Hall–Kier alpha value is -0.450. The monoisotopic (exact) mass is 341 g/mol. The molecule has 0 radical (unpaired) electrons. The smallest absolute Gasteiger partial charge is 0.0410 e. The zero-order valence-electron chi connectivity index (χ0n) is 13.4. The van der Waals surface area contributed by atoms with Gasteiger partial charge in [0, 0.05) is 28.4 Å². The maximum atomic E-state index is 4.28. The van der Waals surface area contributed by atoms with Crippen LogP contribution in [0.4, 0.5) is 0 Å². The van der Waals surface area contributed by atoms with E-state index in [9.17, 15) is 0 Å². The molecule has 1 N–H and O–H groups in total. The van der Waals surface area contributed by atoms with E-state index >= 15 is 0 Å². The first kappa shape index (κ1) is 17.6. The zero-order valence-corrected chi connectivity index (χ0v) is 15.0. The average molecular weight is 342 g/mol. The first-order valence-corrected chi connectivity index (χ1v) is 8.32. The van der Waals surface area contributed by atoms with E-state index in [0.29, 0.717) is 6.04 Å². The summed E-state index contributed by atoms with van der Waals surface area (Å²) in [5, 5.41) is 3.66. The minimum absolute atomic E-state index is 0.113. The SMILES string of the molecule is CCNC(Cc1cncc(Br)c1)C(C)(C)N(CC)CC. The summed E-state index contributed by atoms with van der Waals surface area (Å²) in [4.78, 5) is 6.80. The highest BCUT2D eigenvalue weighted by atomic mass is 79.9. The molecular weight excluding hydrogens is 314 g/mol. The maximum absolute atomic E-state index is 4.28. The van der Waals surface area contributed by atoms with Gasteiger partial charge in [-0.05, 0) is 67.5 Å². The van der Waals surface area contributed by atoms with E-state index in [4.69, 9.17) is 0 Å². The Morgan fingerprint density at radius 2 is 1.90 bits per heavy atom. The van der Waals surface area contributed by atoms with E-state index in [0.717, 1.165) is 30.5 Å².